The first-order valence-corrected chi connectivity index (χ1v) is 7.49. The number of piperidine rings is 1. The molecule has 2 fully saturated rings. The van der Waals surface area contributed by atoms with Crippen molar-refractivity contribution in [2.24, 2.45) is 5.92 Å². The van der Waals surface area contributed by atoms with Crippen molar-refractivity contribution < 1.29 is 20.4 Å². The van der Waals surface area contributed by atoms with Gasteiger partial charge in [-0.2, -0.15) is 0 Å². The number of rotatable bonds is 4. The Kier molecular flexibility index (Phi) is 5.20. The van der Waals surface area contributed by atoms with E-state index >= 15 is 0 Å². The van der Waals surface area contributed by atoms with Gasteiger partial charge in [-0.05, 0) is 18.8 Å². The van der Waals surface area contributed by atoms with Crippen LogP contribution in [0, 0.1) is 5.92 Å². The molecule has 1 aliphatic heterocycles. The monoisotopic (exact) mass is 273 g/mol. The minimum absolute atomic E-state index is 0.212. The quantitative estimate of drug-likeness (QED) is 0.488. The van der Waals surface area contributed by atoms with Crippen LogP contribution in [-0.2, 0) is 0 Å². The molecular weight excluding hydrogens is 246 g/mol. The summed E-state index contributed by atoms with van der Waals surface area (Å²) in [5.74, 6) is 0.662. The highest BCUT2D eigenvalue weighted by Crippen LogP contribution is 2.32. The van der Waals surface area contributed by atoms with Crippen LogP contribution in [0.1, 0.15) is 44.9 Å². The fraction of sp³-hybridized carbons (Fsp3) is 1.00. The Morgan fingerprint density at radius 2 is 1.74 bits per heavy atom. The van der Waals surface area contributed by atoms with Crippen LogP contribution in [0.25, 0.3) is 0 Å². The van der Waals surface area contributed by atoms with Crippen molar-refractivity contribution in [2.45, 2.75) is 68.8 Å². The van der Waals surface area contributed by atoms with Crippen LogP contribution < -0.4 is 5.32 Å². The highest BCUT2D eigenvalue weighted by atomic mass is 16.4. The second-order valence-corrected chi connectivity index (χ2v) is 6.24. The average Bonchev–Trinajstić information content (AvgIpc) is 2.46. The molecule has 1 saturated heterocycles. The van der Waals surface area contributed by atoms with E-state index < -0.39 is 23.9 Å². The summed E-state index contributed by atoms with van der Waals surface area (Å²) in [4.78, 5) is 0. The van der Waals surface area contributed by atoms with Crippen LogP contribution >= 0.6 is 0 Å². The van der Waals surface area contributed by atoms with Gasteiger partial charge < -0.3 is 25.7 Å². The van der Waals surface area contributed by atoms with Crippen molar-refractivity contribution in [2.75, 3.05) is 13.2 Å². The largest absolute Gasteiger partial charge is 0.394 e. The molecule has 5 N–H and O–H groups in total. The number of nitrogens with one attached hydrogen (secondary N) is 1. The van der Waals surface area contributed by atoms with Crippen molar-refractivity contribution in [3.05, 3.63) is 0 Å². The molecular formula is C14H27NO4. The molecule has 0 aromatic heterocycles. The number of aliphatic hydroxyl groups excluding tert-OH is 4. The molecule has 2 aliphatic rings. The van der Waals surface area contributed by atoms with Gasteiger partial charge in [-0.15, -0.1) is 0 Å². The van der Waals surface area contributed by atoms with Gasteiger partial charge in [0.15, 0.2) is 0 Å². The standard InChI is InChI=1S/C14H27NO4/c16-9-14(7-6-10-4-2-1-3-5-10)13(19)12(18)11(17)8-15-14/h10-13,15-19H,1-9H2/t11-,12+,13-,14+/m0/s1. The van der Waals surface area contributed by atoms with E-state index in [0.29, 0.717) is 12.3 Å². The first-order valence-electron chi connectivity index (χ1n) is 7.49. The summed E-state index contributed by atoms with van der Waals surface area (Å²) in [6.45, 7) is -0.00583. The zero-order valence-corrected chi connectivity index (χ0v) is 11.5. The molecule has 112 valence electrons. The molecule has 4 atom stereocenters. The zero-order chi connectivity index (χ0) is 13.9. The van der Waals surface area contributed by atoms with Gasteiger partial charge in [0.25, 0.3) is 0 Å². The van der Waals surface area contributed by atoms with Crippen LogP contribution in [0.2, 0.25) is 0 Å². The van der Waals surface area contributed by atoms with Gasteiger partial charge in [0.2, 0.25) is 0 Å². The first kappa shape index (κ1) is 15.2. The van der Waals surface area contributed by atoms with Gasteiger partial charge in [0.1, 0.15) is 12.2 Å². The molecule has 2 rings (SSSR count). The second kappa shape index (κ2) is 6.50. The molecule has 5 heteroatoms. The third-order valence-electron chi connectivity index (χ3n) is 4.95. The van der Waals surface area contributed by atoms with Crippen LogP contribution in [0.15, 0.2) is 0 Å². The molecule has 0 radical (unpaired) electrons. The Hall–Kier alpha value is -0.200. The molecule has 5 nitrogen and oxygen atoms in total. The van der Waals surface area contributed by atoms with Crippen LogP contribution in [0.4, 0.5) is 0 Å². The maximum absolute atomic E-state index is 10.2. The van der Waals surface area contributed by atoms with E-state index in [1.807, 2.05) is 0 Å². The Balaban J connectivity index is 1.93. The number of β-amino-alcohol motifs (C(OH)–C–C–N with tert-alkyl or cyclic N) is 1. The summed E-state index contributed by atoms with van der Waals surface area (Å²) >= 11 is 0. The van der Waals surface area contributed by atoms with Gasteiger partial charge >= 0.3 is 0 Å². The van der Waals surface area contributed by atoms with E-state index in [9.17, 15) is 20.4 Å². The fourth-order valence-corrected chi connectivity index (χ4v) is 3.47. The predicted octanol–water partition coefficient (Wildman–Crippen LogP) is -0.236. The number of hydrogen-bond acceptors (Lipinski definition) is 5. The average molecular weight is 273 g/mol. The van der Waals surface area contributed by atoms with Crippen LogP contribution in [0.5, 0.6) is 0 Å². The van der Waals surface area contributed by atoms with Crippen molar-refractivity contribution in [3.8, 4) is 0 Å². The van der Waals surface area contributed by atoms with E-state index in [0.717, 1.165) is 6.42 Å². The number of aliphatic hydroxyl groups is 4. The highest BCUT2D eigenvalue weighted by Gasteiger charge is 2.47. The topological polar surface area (TPSA) is 93.0 Å². The molecule has 1 aliphatic carbocycles. The molecule has 0 unspecified atom stereocenters. The van der Waals surface area contributed by atoms with Crippen molar-refractivity contribution in [3.63, 3.8) is 0 Å². The maximum atomic E-state index is 10.2. The molecule has 0 spiro atoms. The molecule has 1 heterocycles. The Bertz CT molecular complexity index is 283. The van der Waals surface area contributed by atoms with Crippen molar-refractivity contribution in [1.82, 2.24) is 5.32 Å². The smallest absolute Gasteiger partial charge is 0.109 e. The molecule has 0 amide bonds. The van der Waals surface area contributed by atoms with Crippen LogP contribution in [0.3, 0.4) is 0 Å². The molecule has 0 bridgehead atoms. The van der Waals surface area contributed by atoms with E-state index in [1.165, 1.54) is 32.1 Å². The van der Waals surface area contributed by atoms with Gasteiger partial charge in [-0.25, -0.2) is 0 Å². The third-order valence-corrected chi connectivity index (χ3v) is 4.95. The molecule has 19 heavy (non-hydrogen) atoms. The second-order valence-electron chi connectivity index (χ2n) is 6.24. The van der Waals surface area contributed by atoms with Crippen molar-refractivity contribution in [1.29, 1.82) is 0 Å². The fourth-order valence-electron chi connectivity index (χ4n) is 3.47. The normalized spacial score (nSPS) is 41.4. The Labute approximate surface area is 114 Å². The Morgan fingerprint density at radius 1 is 1.05 bits per heavy atom. The lowest BCUT2D eigenvalue weighted by atomic mass is 9.76. The van der Waals surface area contributed by atoms with Gasteiger partial charge in [0, 0.05) is 6.54 Å². The lowest BCUT2D eigenvalue weighted by molar-refractivity contribution is -0.136. The lowest BCUT2D eigenvalue weighted by Gasteiger charge is -2.46. The first-order chi connectivity index (χ1) is 9.09. The van der Waals surface area contributed by atoms with Gasteiger partial charge in [0.05, 0.1) is 18.2 Å². The third kappa shape index (κ3) is 3.28. The highest BCUT2D eigenvalue weighted by molar-refractivity contribution is 5.04. The molecule has 1 saturated carbocycles. The molecule has 0 aromatic carbocycles. The summed E-state index contributed by atoms with van der Waals surface area (Å²) in [5.41, 5.74) is -0.865. The lowest BCUT2D eigenvalue weighted by Crippen LogP contribution is -2.69. The number of hydrogen-bond donors (Lipinski definition) is 5. The summed E-state index contributed by atoms with van der Waals surface area (Å²) in [7, 11) is 0. The predicted molar refractivity (Wildman–Crippen MR) is 71.6 cm³/mol. The van der Waals surface area contributed by atoms with E-state index in [1.54, 1.807) is 0 Å². The van der Waals surface area contributed by atoms with Gasteiger partial charge in [-0.1, -0.05) is 32.1 Å². The summed E-state index contributed by atoms with van der Waals surface area (Å²) < 4.78 is 0. The van der Waals surface area contributed by atoms with E-state index in [4.69, 9.17) is 0 Å². The summed E-state index contributed by atoms with van der Waals surface area (Å²) in [6, 6.07) is 0. The summed E-state index contributed by atoms with van der Waals surface area (Å²) in [6.07, 6.45) is 4.63. The minimum Gasteiger partial charge on any atom is -0.394 e. The maximum Gasteiger partial charge on any atom is 0.109 e. The van der Waals surface area contributed by atoms with Crippen molar-refractivity contribution >= 4 is 0 Å². The van der Waals surface area contributed by atoms with Crippen LogP contribution in [-0.4, -0.2) is 57.4 Å². The zero-order valence-electron chi connectivity index (χ0n) is 11.5. The summed E-state index contributed by atoms with van der Waals surface area (Å²) in [5, 5.41) is 42.2. The van der Waals surface area contributed by atoms with E-state index in [2.05, 4.69) is 5.32 Å². The molecule has 0 aromatic rings. The SMILES string of the molecule is OC[C@@]1(CCC2CCCCC2)NC[C@H](O)[C@@H](O)[C@@H]1O. The Morgan fingerprint density at radius 3 is 2.37 bits per heavy atom. The van der Waals surface area contributed by atoms with Gasteiger partial charge in [-0.3, -0.25) is 0 Å². The van der Waals surface area contributed by atoms with E-state index in [-0.39, 0.29) is 13.2 Å². The minimum atomic E-state index is -1.18.